The Morgan fingerprint density at radius 2 is 2.06 bits per heavy atom. The van der Waals surface area contributed by atoms with Crippen molar-refractivity contribution < 1.29 is 8.81 Å². The molecule has 0 atom stereocenters. The van der Waals surface area contributed by atoms with Crippen LogP contribution in [-0.4, -0.2) is 9.97 Å². The van der Waals surface area contributed by atoms with Crippen LogP contribution < -0.4 is 5.73 Å². The molecule has 0 saturated carbocycles. The molecule has 0 aliphatic heterocycles. The highest BCUT2D eigenvalue weighted by molar-refractivity contribution is 5.75. The summed E-state index contributed by atoms with van der Waals surface area (Å²) in [7, 11) is 0. The second-order valence-corrected chi connectivity index (χ2v) is 3.59. The topological polar surface area (TPSA) is 64.9 Å². The first kappa shape index (κ1) is 9.77. The Morgan fingerprint density at radius 1 is 1.24 bits per heavy atom. The van der Waals surface area contributed by atoms with Gasteiger partial charge in [0, 0.05) is 0 Å². The third-order valence-electron chi connectivity index (χ3n) is 2.37. The quantitative estimate of drug-likeness (QED) is 0.696. The van der Waals surface area contributed by atoms with Crippen molar-refractivity contribution in [1.29, 1.82) is 0 Å². The minimum absolute atomic E-state index is 0.205. The molecule has 0 fully saturated rings. The zero-order valence-electron chi connectivity index (χ0n) is 8.72. The van der Waals surface area contributed by atoms with Crippen molar-refractivity contribution in [1.82, 2.24) is 9.97 Å². The maximum absolute atomic E-state index is 13.5. The van der Waals surface area contributed by atoms with Crippen molar-refractivity contribution >= 4 is 16.9 Å². The van der Waals surface area contributed by atoms with Crippen molar-refractivity contribution in [2.45, 2.75) is 0 Å². The van der Waals surface area contributed by atoms with Crippen LogP contribution in [0.5, 0.6) is 0 Å². The molecule has 0 aliphatic carbocycles. The van der Waals surface area contributed by atoms with Crippen molar-refractivity contribution in [3.05, 3.63) is 42.3 Å². The van der Waals surface area contributed by atoms with Gasteiger partial charge in [0.2, 0.25) is 11.6 Å². The molecule has 84 valence electrons. The molecule has 0 spiro atoms. The minimum atomic E-state index is -0.382. The molecule has 1 aromatic carbocycles. The van der Waals surface area contributed by atoms with Crippen LogP contribution >= 0.6 is 0 Å². The lowest BCUT2D eigenvalue weighted by atomic mass is 10.2. The van der Waals surface area contributed by atoms with Crippen molar-refractivity contribution in [3.8, 4) is 11.5 Å². The Kier molecular flexibility index (Phi) is 2.04. The molecule has 0 saturated heterocycles. The zero-order chi connectivity index (χ0) is 11.8. The number of hydrogen-bond donors (Lipinski definition) is 1. The number of benzene rings is 1. The van der Waals surface area contributed by atoms with Crippen LogP contribution in [0, 0.1) is 5.82 Å². The van der Waals surface area contributed by atoms with E-state index in [1.807, 2.05) is 0 Å². The minimum Gasteiger partial charge on any atom is -0.418 e. The maximum atomic E-state index is 13.5. The summed E-state index contributed by atoms with van der Waals surface area (Å²) in [5.74, 6) is -0.178. The van der Waals surface area contributed by atoms with Crippen LogP contribution in [-0.2, 0) is 0 Å². The van der Waals surface area contributed by atoms with E-state index in [0.29, 0.717) is 22.5 Å². The van der Waals surface area contributed by atoms with Gasteiger partial charge in [-0.3, -0.25) is 0 Å². The van der Waals surface area contributed by atoms with Gasteiger partial charge < -0.3 is 10.2 Å². The second-order valence-electron chi connectivity index (χ2n) is 3.59. The van der Waals surface area contributed by atoms with Gasteiger partial charge in [0.15, 0.2) is 0 Å². The predicted molar refractivity (Wildman–Crippen MR) is 61.6 cm³/mol. The molecule has 3 aromatic rings. The highest BCUT2D eigenvalue weighted by atomic mass is 19.1. The van der Waals surface area contributed by atoms with E-state index in [2.05, 4.69) is 9.97 Å². The number of halogens is 1. The van der Waals surface area contributed by atoms with Crippen molar-refractivity contribution in [2.75, 3.05) is 5.73 Å². The molecule has 0 aliphatic rings. The summed E-state index contributed by atoms with van der Waals surface area (Å²) >= 11 is 0. The van der Waals surface area contributed by atoms with E-state index >= 15 is 0 Å². The van der Waals surface area contributed by atoms with Gasteiger partial charge in [0.05, 0.1) is 17.4 Å². The summed E-state index contributed by atoms with van der Waals surface area (Å²) in [6.07, 6.45) is 1.47. The highest BCUT2D eigenvalue weighted by Crippen LogP contribution is 2.25. The Labute approximate surface area is 95.9 Å². The number of nitrogen functional groups attached to an aromatic ring is 1. The van der Waals surface area contributed by atoms with E-state index in [1.54, 1.807) is 24.3 Å². The van der Waals surface area contributed by atoms with Crippen LogP contribution in [0.4, 0.5) is 10.1 Å². The van der Waals surface area contributed by atoms with E-state index < -0.39 is 0 Å². The number of aromatic nitrogens is 2. The summed E-state index contributed by atoms with van der Waals surface area (Å²) in [5, 5.41) is 0. The fourth-order valence-electron chi connectivity index (χ4n) is 1.59. The fraction of sp³-hybridized carbons (Fsp3) is 0. The first-order chi connectivity index (χ1) is 8.24. The van der Waals surface area contributed by atoms with Gasteiger partial charge in [0.25, 0.3) is 0 Å². The molecule has 2 aromatic heterocycles. The molecule has 5 heteroatoms. The smallest absolute Gasteiger partial charge is 0.247 e. The molecule has 17 heavy (non-hydrogen) atoms. The largest absolute Gasteiger partial charge is 0.418 e. The molecular weight excluding hydrogens is 221 g/mol. The van der Waals surface area contributed by atoms with Gasteiger partial charge in [-0.25, -0.2) is 14.4 Å². The number of hydrogen-bond acceptors (Lipinski definition) is 4. The fourth-order valence-corrected chi connectivity index (χ4v) is 1.59. The molecule has 0 bridgehead atoms. The SMILES string of the molecule is Nc1cnc2oc(-c3ccccc3F)nc2c1. The summed E-state index contributed by atoms with van der Waals surface area (Å²) in [6.45, 7) is 0. The number of nitrogens with two attached hydrogens (primary N) is 1. The van der Waals surface area contributed by atoms with Crippen molar-refractivity contribution in [3.63, 3.8) is 0 Å². The van der Waals surface area contributed by atoms with E-state index in [0.717, 1.165) is 0 Å². The van der Waals surface area contributed by atoms with Gasteiger partial charge in [-0.15, -0.1) is 0 Å². The Balaban J connectivity index is 2.22. The lowest BCUT2D eigenvalue weighted by Gasteiger charge is -1.95. The Morgan fingerprint density at radius 3 is 2.88 bits per heavy atom. The molecular formula is C12H8FN3O. The summed E-state index contributed by atoms with van der Waals surface area (Å²) in [4.78, 5) is 8.14. The first-order valence-electron chi connectivity index (χ1n) is 5.01. The van der Waals surface area contributed by atoms with E-state index in [-0.39, 0.29) is 11.7 Å². The average molecular weight is 229 g/mol. The van der Waals surface area contributed by atoms with Gasteiger partial charge in [0.1, 0.15) is 11.3 Å². The van der Waals surface area contributed by atoms with Crippen LogP contribution in [0.2, 0.25) is 0 Å². The molecule has 2 N–H and O–H groups in total. The summed E-state index contributed by atoms with van der Waals surface area (Å²) in [6, 6.07) is 7.92. The van der Waals surface area contributed by atoms with E-state index in [1.165, 1.54) is 12.3 Å². The van der Waals surface area contributed by atoms with Crippen molar-refractivity contribution in [2.24, 2.45) is 0 Å². The highest BCUT2D eigenvalue weighted by Gasteiger charge is 2.12. The lowest BCUT2D eigenvalue weighted by Crippen LogP contribution is -1.85. The average Bonchev–Trinajstić information content (AvgIpc) is 2.72. The number of oxazole rings is 1. The number of nitrogens with zero attached hydrogens (tertiary/aromatic N) is 2. The molecule has 0 radical (unpaired) electrons. The molecule has 0 amide bonds. The number of pyridine rings is 1. The monoisotopic (exact) mass is 229 g/mol. The third-order valence-corrected chi connectivity index (χ3v) is 2.37. The Hall–Kier alpha value is -2.43. The summed E-state index contributed by atoms with van der Waals surface area (Å²) < 4.78 is 18.9. The van der Waals surface area contributed by atoms with Crippen LogP contribution in [0.25, 0.3) is 22.7 Å². The van der Waals surface area contributed by atoms with Crippen LogP contribution in [0.3, 0.4) is 0 Å². The second kappa shape index (κ2) is 3.55. The standard InChI is InChI=1S/C12H8FN3O/c13-9-4-2-1-3-8(9)11-16-10-5-7(14)6-15-12(10)17-11/h1-6H,14H2. The number of rotatable bonds is 1. The van der Waals surface area contributed by atoms with Crippen LogP contribution in [0.15, 0.2) is 40.9 Å². The molecule has 0 unspecified atom stereocenters. The lowest BCUT2D eigenvalue weighted by molar-refractivity contribution is 0.587. The van der Waals surface area contributed by atoms with E-state index in [4.69, 9.17) is 10.2 Å². The van der Waals surface area contributed by atoms with Gasteiger partial charge in [-0.1, -0.05) is 12.1 Å². The van der Waals surface area contributed by atoms with Gasteiger partial charge in [-0.05, 0) is 18.2 Å². The number of fused-ring (bicyclic) bond motifs is 1. The summed E-state index contributed by atoms with van der Waals surface area (Å²) in [5.41, 5.74) is 7.25. The zero-order valence-corrected chi connectivity index (χ0v) is 8.72. The first-order valence-corrected chi connectivity index (χ1v) is 5.01. The molecule has 4 nitrogen and oxygen atoms in total. The van der Waals surface area contributed by atoms with Gasteiger partial charge >= 0.3 is 0 Å². The predicted octanol–water partition coefficient (Wildman–Crippen LogP) is 2.61. The van der Waals surface area contributed by atoms with Gasteiger partial charge in [-0.2, -0.15) is 0 Å². The Bertz CT molecular complexity index is 693. The van der Waals surface area contributed by atoms with Crippen LogP contribution in [0.1, 0.15) is 0 Å². The molecule has 3 rings (SSSR count). The normalized spacial score (nSPS) is 10.9. The number of anilines is 1. The molecule has 2 heterocycles. The third kappa shape index (κ3) is 1.61. The van der Waals surface area contributed by atoms with E-state index in [9.17, 15) is 4.39 Å². The maximum Gasteiger partial charge on any atom is 0.247 e.